The fraction of sp³-hybridized carbons (Fsp3) is 0.471. The van der Waals surface area contributed by atoms with Gasteiger partial charge >= 0.3 is 0 Å². The number of aryl methyl sites for hydroxylation is 1. The molecule has 1 aromatic carbocycles. The number of rotatable bonds is 3. The van der Waals surface area contributed by atoms with Gasteiger partial charge in [0, 0.05) is 11.1 Å². The van der Waals surface area contributed by atoms with E-state index < -0.39 is 0 Å². The number of benzene rings is 1. The summed E-state index contributed by atoms with van der Waals surface area (Å²) < 4.78 is 0. The van der Waals surface area contributed by atoms with Gasteiger partial charge in [-0.3, -0.25) is 4.79 Å². The lowest BCUT2D eigenvalue weighted by Crippen LogP contribution is -2.53. The topological polar surface area (TPSA) is 49.3 Å². The second-order valence-corrected chi connectivity index (χ2v) is 5.45. The Kier molecular flexibility index (Phi) is 4.46. The number of carbonyl (C=O) groups is 1. The highest BCUT2D eigenvalue weighted by molar-refractivity contribution is 5.97. The molecule has 1 aliphatic carbocycles. The second kappa shape index (κ2) is 6.11. The fourth-order valence-corrected chi connectivity index (χ4v) is 2.57. The van der Waals surface area contributed by atoms with E-state index >= 15 is 0 Å². The highest BCUT2D eigenvalue weighted by atomic mass is 16.2. The summed E-state index contributed by atoms with van der Waals surface area (Å²) in [7, 11) is 0. The molecule has 0 aliphatic heterocycles. The molecule has 0 heterocycles. The Bertz CT molecular complexity index is 557. The summed E-state index contributed by atoms with van der Waals surface area (Å²) in [5, 5.41) is 12.0. The molecule has 1 aromatic rings. The molecule has 0 aromatic heterocycles. The van der Waals surface area contributed by atoms with Crippen LogP contribution in [0, 0.1) is 18.8 Å². The third-order valence-corrected chi connectivity index (χ3v) is 4.09. The van der Waals surface area contributed by atoms with Crippen molar-refractivity contribution in [1.82, 2.24) is 5.32 Å². The number of hydrogen-bond donors (Lipinski definition) is 2. The lowest BCUT2D eigenvalue weighted by atomic mass is 9.74. The van der Waals surface area contributed by atoms with Crippen LogP contribution < -0.4 is 5.32 Å². The molecule has 0 bridgehead atoms. The monoisotopic (exact) mass is 271 g/mol. The molecule has 3 nitrogen and oxygen atoms in total. The molecule has 2 N–H and O–H groups in total. The summed E-state index contributed by atoms with van der Waals surface area (Å²) in [6.07, 6.45) is 4.25. The Morgan fingerprint density at radius 1 is 1.45 bits per heavy atom. The van der Waals surface area contributed by atoms with Crippen LogP contribution in [0.5, 0.6) is 0 Å². The van der Waals surface area contributed by atoms with E-state index in [1.807, 2.05) is 25.1 Å². The van der Waals surface area contributed by atoms with Crippen LogP contribution in [-0.4, -0.2) is 23.2 Å². The molecule has 0 atom stereocenters. The quantitative estimate of drug-likeness (QED) is 0.829. The van der Waals surface area contributed by atoms with E-state index in [0.29, 0.717) is 11.1 Å². The largest absolute Gasteiger partial charge is 0.384 e. The summed E-state index contributed by atoms with van der Waals surface area (Å²) in [5.74, 6) is 5.42. The van der Waals surface area contributed by atoms with Crippen LogP contribution in [0.15, 0.2) is 18.2 Å². The van der Waals surface area contributed by atoms with Gasteiger partial charge in [-0.1, -0.05) is 24.8 Å². The Balaban J connectivity index is 2.25. The molecule has 0 saturated heterocycles. The van der Waals surface area contributed by atoms with Crippen LogP contribution in [0.1, 0.15) is 54.1 Å². The van der Waals surface area contributed by atoms with Gasteiger partial charge in [-0.2, -0.15) is 0 Å². The SMILES string of the molecule is CCC1(NC(=O)c2ccc(C)cc2C#CCO)CCC1. The van der Waals surface area contributed by atoms with Gasteiger partial charge in [0.25, 0.3) is 5.91 Å². The van der Waals surface area contributed by atoms with E-state index in [4.69, 9.17) is 5.11 Å². The molecule has 1 aliphatic rings. The smallest absolute Gasteiger partial charge is 0.252 e. The van der Waals surface area contributed by atoms with Gasteiger partial charge in [0.2, 0.25) is 0 Å². The fourth-order valence-electron chi connectivity index (χ4n) is 2.57. The van der Waals surface area contributed by atoms with Gasteiger partial charge in [0.05, 0.1) is 5.56 Å². The Morgan fingerprint density at radius 2 is 2.20 bits per heavy atom. The Hall–Kier alpha value is -1.79. The minimum Gasteiger partial charge on any atom is -0.384 e. The highest BCUT2D eigenvalue weighted by Crippen LogP contribution is 2.34. The molecular weight excluding hydrogens is 250 g/mol. The van der Waals surface area contributed by atoms with Crippen molar-refractivity contribution >= 4 is 5.91 Å². The maximum absolute atomic E-state index is 12.5. The Morgan fingerprint density at radius 3 is 2.75 bits per heavy atom. The Labute approximate surface area is 120 Å². The number of aliphatic hydroxyl groups excluding tert-OH is 1. The van der Waals surface area contributed by atoms with Crippen molar-refractivity contribution in [3.63, 3.8) is 0 Å². The number of carbonyl (C=O) groups excluding carboxylic acids is 1. The minimum atomic E-state index is -0.200. The van der Waals surface area contributed by atoms with Crippen molar-refractivity contribution in [1.29, 1.82) is 0 Å². The zero-order chi connectivity index (χ0) is 14.6. The summed E-state index contributed by atoms with van der Waals surface area (Å²) in [6, 6.07) is 5.61. The van der Waals surface area contributed by atoms with Gasteiger partial charge in [-0.15, -0.1) is 0 Å². The van der Waals surface area contributed by atoms with Crippen LogP contribution >= 0.6 is 0 Å². The van der Waals surface area contributed by atoms with Crippen molar-refractivity contribution in [2.75, 3.05) is 6.61 Å². The van der Waals surface area contributed by atoms with Crippen molar-refractivity contribution in [3.05, 3.63) is 34.9 Å². The first kappa shape index (κ1) is 14.6. The molecule has 3 heteroatoms. The van der Waals surface area contributed by atoms with Crippen LogP contribution in [-0.2, 0) is 0 Å². The molecule has 106 valence electrons. The molecule has 0 spiro atoms. The van der Waals surface area contributed by atoms with E-state index in [0.717, 1.165) is 24.8 Å². The van der Waals surface area contributed by atoms with Crippen molar-refractivity contribution in [3.8, 4) is 11.8 Å². The van der Waals surface area contributed by atoms with Crippen LogP contribution in [0.2, 0.25) is 0 Å². The van der Waals surface area contributed by atoms with Gasteiger partial charge in [0.15, 0.2) is 0 Å². The summed E-state index contributed by atoms with van der Waals surface area (Å²) in [4.78, 5) is 12.5. The van der Waals surface area contributed by atoms with Gasteiger partial charge in [0.1, 0.15) is 6.61 Å². The summed E-state index contributed by atoms with van der Waals surface area (Å²) in [5.41, 5.74) is 2.31. The van der Waals surface area contributed by atoms with Gasteiger partial charge < -0.3 is 10.4 Å². The first-order chi connectivity index (χ1) is 9.60. The maximum Gasteiger partial charge on any atom is 0.252 e. The predicted molar refractivity (Wildman–Crippen MR) is 79.5 cm³/mol. The average molecular weight is 271 g/mol. The third-order valence-electron chi connectivity index (χ3n) is 4.09. The molecular formula is C17H21NO2. The summed E-state index contributed by atoms with van der Waals surface area (Å²) in [6.45, 7) is 3.88. The zero-order valence-corrected chi connectivity index (χ0v) is 12.1. The third kappa shape index (κ3) is 3.02. The van der Waals surface area contributed by atoms with E-state index in [9.17, 15) is 4.79 Å². The first-order valence-electron chi connectivity index (χ1n) is 7.13. The normalized spacial score (nSPS) is 15.8. The van der Waals surface area contributed by atoms with Crippen LogP contribution in [0.25, 0.3) is 0 Å². The lowest BCUT2D eigenvalue weighted by Gasteiger charge is -2.42. The predicted octanol–water partition coefficient (Wildman–Crippen LogP) is 2.40. The molecule has 1 saturated carbocycles. The van der Waals surface area contributed by atoms with Crippen molar-refractivity contribution in [2.24, 2.45) is 0 Å². The van der Waals surface area contributed by atoms with Crippen molar-refractivity contribution in [2.45, 2.75) is 45.1 Å². The molecule has 20 heavy (non-hydrogen) atoms. The van der Waals surface area contributed by atoms with E-state index in [-0.39, 0.29) is 18.1 Å². The maximum atomic E-state index is 12.5. The standard InChI is InChI=1S/C17H21NO2/c1-3-17(9-5-10-17)18-16(20)15-8-7-13(2)12-14(15)6-4-11-19/h7-8,12,19H,3,5,9-11H2,1-2H3,(H,18,20). The van der Waals surface area contributed by atoms with E-state index in [2.05, 4.69) is 24.1 Å². The minimum absolute atomic E-state index is 0.0242. The number of amides is 1. The van der Waals surface area contributed by atoms with Crippen molar-refractivity contribution < 1.29 is 9.90 Å². The van der Waals surface area contributed by atoms with E-state index in [1.54, 1.807) is 0 Å². The number of nitrogens with one attached hydrogen (secondary N) is 1. The molecule has 2 rings (SSSR count). The number of aliphatic hydroxyl groups is 1. The molecule has 0 unspecified atom stereocenters. The van der Waals surface area contributed by atoms with Gasteiger partial charge in [-0.25, -0.2) is 0 Å². The van der Waals surface area contributed by atoms with Crippen LogP contribution in [0.3, 0.4) is 0 Å². The lowest BCUT2D eigenvalue weighted by molar-refractivity contribution is 0.0820. The zero-order valence-electron chi connectivity index (χ0n) is 12.1. The molecule has 1 amide bonds. The van der Waals surface area contributed by atoms with Gasteiger partial charge in [-0.05, 0) is 50.3 Å². The summed E-state index contributed by atoms with van der Waals surface area (Å²) >= 11 is 0. The van der Waals surface area contributed by atoms with E-state index in [1.165, 1.54) is 6.42 Å². The number of hydrogen-bond acceptors (Lipinski definition) is 2. The van der Waals surface area contributed by atoms with Crippen LogP contribution in [0.4, 0.5) is 0 Å². The average Bonchev–Trinajstić information content (AvgIpc) is 2.40. The highest BCUT2D eigenvalue weighted by Gasteiger charge is 2.36. The molecule has 0 radical (unpaired) electrons. The second-order valence-electron chi connectivity index (χ2n) is 5.45. The molecule has 1 fully saturated rings. The first-order valence-corrected chi connectivity index (χ1v) is 7.13.